The molecule has 3 heteroatoms. The Morgan fingerprint density at radius 2 is 0.658 bits per heavy atom. The van der Waals surface area contributed by atoms with E-state index in [1.54, 1.807) is 0 Å². The maximum atomic E-state index is 2.65. The van der Waals surface area contributed by atoms with Crippen molar-refractivity contribution >= 4 is 45.5 Å². The maximum Gasteiger partial charge on any atom is 0.0503 e. The Hall–Kier alpha value is -6.84. The summed E-state index contributed by atoms with van der Waals surface area (Å²) in [4.78, 5) is 7.60. The standard InChI is InChI=1S/C73H87N3/c1-11-53(4)16-14-18-60(13-3)29-28-59(10)74(66-46-36-64(37-47-66)62-32-20-55(6)21-33-62)71-50-72(75(67-40-24-57(8)25-41-67)68-42-26-58(9)27-43-68)52-73(51-71)76(69-44-30-61(31-45-69)19-15-17-54(5)12-2)70-48-38-65(39-49-70)63-34-22-56(7)23-35-63/h20-27,30-54,59-60H,11-19,28-29H2,1-10H3. The molecule has 0 aliphatic carbocycles. The zero-order valence-corrected chi connectivity index (χ0v) is 47.8. The lowest BCUT2D eigenvalue weighted by atomic mass is 9.90. The number of rotatable bonds is 25. The van der Waals surface area contributed by atoms with Crippen LogP contribution in [0, 0.1) is 45.4 Å². The molecule has 4 atom stereocenters. The second-order valence-corrected chi connectivity index (χ2v) is 22.5. The van der Waals surface area contributed by atoms with Crippen molar-refractivity contribution < 1.29 is 0 Å². The van der Waals surface area contributed by atoms with E-state index >= 15 is 0 Å². The second kappa shape index (κ2) is 26.8. The van der Waals surface area contributed by atoms with Crippen molar-refractivity contribution in [2.75, 3.05) is 14.7 Å². The first kappa shape index (κ1) is 55.4. The molecule has 0 aliphatic heterocycles. The Morgan fingerprint density at radius 3 is 1.07 bits per heavy atom. The molecule has 8 aromatic carbocycles. The molecular weight excluding hydrogens is 919 g/mol. The molecule has 0 spiro atoms. The topological polar surface area (TPSA) is 9.72 Å². The molecular formula is C73H87N3. The molecule has 8 aromatic rings. The molecule has 0 bridgehead atoms. The summed E-state index contributed by atoms with van der Waals surface area (Å²) in [6.45, 7) is 23.0. The highest BCUT2D eigenvalue weighted by atomic mass is 15.2. The van der Waals surface area contributed by atoms with Crippen molar-refractivity contribution in [1.29, 1.82) is 0 Å². The smallest absolute Gasteiger partial charge is 0.0503 e. The highest BCUT2D eigenvalue weighted by Crippen LogP contribution is 2.46. The summed E-state index contributed by atoms with van der Waals surface area (Å²) in [5, 5.41) is 0. The number of anilines is 8. The largest absolute Gasteiger partial charge is 0.339 e. The molecule has 4 unspecified atom stereocenters. The van der Waals surface area contributed by atoms with E-state index in [1.165, 1.54) is 119 Å². The van der Waals surface area contributed by atoms with Crippen LogP contribution in [0.4, 0.5) is 45.5 Å². The highest BCUT2D eigenvalue weighted by Gasteiger charge is 2.25. The number of aryl methyl sites for hydroxylation is 5. The molecule has 0 aromatic heterocycles. The van der Waals surface area contributed by atoms with Gasteiger partial charge in [0.2, 0.25) is 0 Å². The summed E-state index contributed by atoms with van der Waals surface area (Å²) in [5.74, 6) is 2.24. The van der Waals surface area contributed by atoms with Gasteiger partial charge < -0.3 is 14.7 Å². The Kier molecular flexibility index (Phi) is 19.5. The van der Waals surface area contributed by atoms with E-state index in [1.807, 2.05) is 0 Å². The first-order valence-electron chi connectivity index (χ1n) is 29.0. The van der Waals surface area contributed by atoms with Crippen LogP contribution in [0.5, 0.6) is 0 Å². The van der Waals surface area contributed by atoms with E-state index in [2.05, 4.69) is 272 Å². The van der Waals surface area contributed by atoms with E-state index < -0.39 is 0 Å². The Morgan fingerprint density at radius 1 is 0.316 bits per heavy atom. The number of hydrogen-bond donors (Lipinski definition) is 0. The maximum absolute atomic E-state index is 2.65. The lowest BCUT2D eigenvalue weighted by Gasteiger charge is -2.36. The lowest BCUT2D eigenvalue weighted by molar-refractivity contribution is 0.372. The quantitative estimate of drug-likeness (QED) is 0.0565. The molecule has 0 heterocycles. The van der Waals surface area contributed by atoms with Crippen LogP contribution in [0.2, 0.25) is 0 Å². The van der Waals surface area contributed by atoms with Crippen LogP contribution in [-0.2, 0) is 6.42 Å². The summed E-state index contributed by atoms with van der Waals surface area (Å²) in [6.07, 6.45) is 13.5. The second-order valence-electron chi connectivity index (χ2n) is 22.5. The number of benzene rings is 8. The first-order valence-corrected chi connectivity index (χ1v) is 29.0. The van der Waals surface area contributed by atoms with Gasteiger partial charge in [-0.25, -0.2) is 0 Å². The van der Waals surface area contributed by atoms with Gasteiger partial charge in [0, 0.05) is 40.2 Å². The fourth-order valence-electron chi connectivity index (χ4n) is 10.8. The summed E-state index contributed by atoms with van der Waals surface area (Å²) in [5.41, 5.74) is 20.4. The average molecular weight is 1010 g/mol. The minimum atomic E-state index is 0.209. The summed E-state index contributed by atoms with van der Waals surface area (Å²) in [7, 11) is 0. The molecule has 0 amide bonds. The van der Waals surface area contributed by atoms with Crippen molar-refractivity contribution in [1.82, 2.24) is 0 Å². The molecule has 8 rings (SSSR count). The Balaban J connectivity index is 1.32. The molecule has 3 nitrogen and oxygen atoms in total. The van der Waals surface area contributed by atoms with E-state index in [-0.39, 0.29) is 6.04 Å². The minimum Gasteiger partial charge on any atom is -0.339 e. The van der Waals surface area contributed by atoms with Gasteiger partial charge in [0.1, 0.15) is 0 Å². The van der Waals surface area contributed by atoms with Gasteiger partial charge in [-0.05, 0) is 185 Å². The fraction of sp³-hybridized carbons (Fsp3) is 0.342. The van der Waals surface area contributed by atoms with Crippen LogP contribution in [0.3, 0.4) is 0 Å². The predicted molar refractivity (Wildman–Crippen MR) is 332 cm³/mol. The summed E-state index contributed by atoms with van der Waals surface area (Å²) < 4.78 is 0. The first-order chi connectivity index (χ1) is 36.9. The molecule has 0 saturated carbocycles. The molecule has 76 heavy (non-hydrogen) atoms. The van der Waals surface area contributed by atoms with Gasteiger partial charge in [-0.1, -0.05) is 211 Å². The lowest BCUT2D eigenvalue weighted by Crippen LogP contribution is -2.29. The fourth-order valence-corrected chi connectivity index (χ4v) is 10.8. The van der Waals surface area contributed by atoms with Crippen molar-refractivity contribution in [2.45, 2.75) is 146 Å². The van der Waals surface area contributed by atoms with Gasteiger partial charge >= 0.3 is 0 Å². The van der Waals surface area contributed by atoms with Crippen LogP contribution >= 0.6 is 0 Å². The van der Waals surface area contributed by atoms with E-state index in [4.69, 9.17) is 0 Å². The van der Waals surface area contributed by atoms with Gasteiger partial charge in [0.15, 0.2) is 0 Å². The zero-order valence-electron chi connectivity index (χ0n) is 47.8. The van der Waals surface area contributed by atoms with Crippen LogP contribution in [0.15, 0.2) is 188 Å². The molecule has 0 fully saturated rings. The monoisotopic (exact) mass is 1010 g/mol. The summed E-state index contributed by atoms with van der Waals surface area (Å²) >= 11 is 0. The number of nitrogens with zero attached hydrogens (tertiary/aromatic N) is 3. The van der Waals surface area contributed by atoms with Gasteiger partial charge in [-0.15, -0.1) is 0 Å². The van der Waals surface area contributed by atoms with Gasteiger partial charge in [-0.3, -0.25) is 0 Å². The van der Waals surface area contributed by atoms with Crippen molar-refractivity contribution in [2.24, 2.45) is 17.8 Å². The molecule has 394 valence electrons. The van der Waals surface area contributed by atoms with Gasteiger partial charge in [0.25, 0.3) is 0 Å². The Bertz CT molecular complexity index is 2940. The summed E-state index contributed by atoms with van der Waals surface area (Å²) in [6, 6.07) is 71.5. The van der Waals surface area contributed by atoms with Gasteiger partial charge in [0.05, 0.1) is 11.4 Å². The van der Waals surface area contributed by atoms with Crippen LogP contribution < -0.4 is 14.7 Å². The van der Waals surface area contributed by atoms with Crippen LogP contribution in [-0.4, -0.2) is 6.04 Å². The molecule has 0 N–H and O–H groups in total. The van der Waals surface area contributed by atoms with Crippen molar-refractivity contribution in [3.63, 3.8) is 0 Å². The van der Waals surface area contributed by atoms with E-state index in [0.717, 1.165) is 58.8 Å². The SMILES string of the molecule is CCC(C)CCCc1ccc(N(c2ccc(-c3ccc(C)cc3)cc2)c2cc(N(c3ccc(C)cc3)c3ccc(C)cc3)cc(N(c3ccc(-c4ccc(C)cc4)cc3)C(C)CCC(CC)CCCC(C)CC)c2)cc1. The van der Waals surface area contributed by atoms with Crippen molar-refractivity contribution in [3.8, 4) is 22.3 Å². The Labute approximate surface area is 459 Å². The van der Waals surface area contributed by atoms with Crippen LogP contribution in [0.25, 0.3) is 22.3 Å². The molecule has 0 aliphatic rings. The van der Waals surface area contributed by atoms with Crippen LogP contribution in [0.1, 0.15) is 134 Å². The third-order valence-corrected chi connectivity index (χ3v) is 16.4. The van der Waals surface area contributed by atoms with E-state index in [0.29, 0.717) is 5.92 Å². The third-order valence-electron chi connectivity index (χ3n) is 16.4. The van der Waals surface area contributed by atoms with E-state index in [9.17, 15) is 0 Å². The molecule has 0 saturated heterocycles. The molecule has 0 radical (unpaired) electrons. The van der Waals surface area contributed by atoms with Crippen molar-refractivity contribution in [3.05, 3.63) is 216 Å². The normalized spacial score (nSPS) is 13.0. The minimum absolute atomic E-state index is 0.209. The average Bonchev–Trinajstić information content (AvgIpc) is 3.47. The van der Waals surface area contributed by atoms with Gasteiger partial charge in [-0.2, -0.15) is 0 Å². The number of hydrogen-bond acceptors (Lipinski definition) is 3. The third kappa shape index (κ3) is 14.5. The highest BCUT2D eigenvalue weighted by molar-refractivity contribution is 5.88. The zero-order chi connectivity index (χ0) is 53.6. The predicted octanol–water partition coefficient (Wildman–Crippen LogP) is 22.1.